The maximum Gasteiger partial charge on any atom is 0.331 e. The van der Waals surface area contributed by atoms with Crippen LogP contribution in [0.15, 0.2) is 18.2 Å². The molecule has 1 N–H and O–H groups in total. The van der Waals surface area contributed by atoms with Crippen LogP contribution >= 0.6 is 11.6 Å². The van der Waals surface area contributed by atoms with Gasteiger partial charge in [-0.05, 0) is 37.1 Å². The lowest BCUT2D eigenvalue weighted by Gasteiger charge is -2.12. The molecular weight excluding hydrogens is 346 g/mol. The third kappa shape index (κ3) is 7.05. The number of methoxy groups -OCH3 is 2. The zero-order valence-corrected chi connectivity index (χ0v) is 15.7. The number of carbonyl (C=O) groups excluding carboxylic acids is 2. The topological polar surface area (TPSA) is 73.9 Å². The fourth-order valence-corrected chi connectivity index (χ4v) is 2.50. The minimum atomic E-state index is -0.621. The van der Waals surface area contributed by atoms with Crippen molar-refractivity contribution in [2.45, 2.75) is 32.7 Å². The summed E-state index contributed by atoms with van der Waals surface area (Å²) in [6.07, 6.45) is 4.59. The first-order valence-corrected chi connectivity index (χ1v) is 8.34. The number of nitrogens with one attached hydrogen (secondary N) is 1. The molecule has 138 valence electrons. The third-order valence-corrected chi connectivity index (χ3v) is 3.62. The Balaban J connectivity index is 2.60. The fourth-order valence-electron chi connectivity index (χ4n) is 2.20. The first-order chi connectivity index (χ1) is 11.9. The average Bonchev–Trinajstić information content (AvgIpc) is 2.57. The van der Waals surface area contributed by atoms with Crippen molar-refractivity contribution in [2.24, 2.45) is 0 Å². The van der Waals surface area contributed by atoms with E-state index >= 15 is 0 Å². The largest absolute Gasteiger partial charge is 0.493 e. The molecule has 0 spiro atoms. The van der Waals surface area contributed by atoms with Gasteiger partial charge in [-0.25, -0.2) is 4.79 Å². The summed E-state index contributed by atoms with van der Waals surface area (Å²) < 4.78 is 15.2. The summed E-state index contributed by atoms with van der Waals surface area (Å²) in [5, 5.41) is 3.12. The van der Waals surface area contributed by atoms with Crippen molar-refractivity contribution >= 4 is 29.6 Å². The van der Waals surface area contributed by atoms with Crippen molar-refractivity contribution in [3.05, 3.63) is 28.8 Å². The lowest BCUT2D eigenvalue weighted by molar-refractivity contribution is -0.144. The Morgan fingerprint density at radius 2 is 2.00 bits per heavy atom. The van der Waals surface area contributed by atoms with E-state index in [0.717, 1.165) is 12.8 Å². The monoisotopic (exact) mass is 369 g/mol. The van der Waals surface area contributed by atoms with Gasteiger partial charge in [-0.15, -0.1) is 0 Å². The number of halogens is 1. The van der Waals surface area contributed by atoms with Crippen molar-refractivity contribution in [3.8, 4) is 11.5 Å². The maximum absolute atomic E-state index is 11.7. The number of rotatable bonds is 9. The molecule has 1 rings (SSSR count). The highest BCUT2D eigenvalue weighted by Crippen LogP contribution is 2.36. The summed E-state index contributed by atoms with van der Waals surface area (Å²) in [5.41, 5.74) is 0.639. The summed E-state index contributed by atoms with van der Waals surface area (Å²) in [7, 11) is 2.98. The predicted octanol–water partition coefficient (Wildman–Crippen LogP) is 3.22. The van der Waals surface area contributed by atoms with Crippen molar-refractivity contribution < 1.29 is 23.8 Å². The van der Waals surface area contributed by atoms with Gasteiger partial charge in [0.2, 0.25) is 0 Å². The molecule has 6 nitrogen and oxygen atoms in total. The van der Waals surface area contributed by atoms with E-state index in [2.05, 4.69) is 5.32 Å². The Hall–Kier alpha value is -2.21. The van der Waals surface area contributed by atoms with Gasteiger partial charge in [0.25, 0.3) is 5.91 Å². The molecule has 0 unspecified atom stereocenters. The maximum atomic E-state index is 11.7. The van der Waals surface area contributed by atoms with E-state index in [0.29, 0.717) is 22.1 Å². The molecule has 0 fully saturated rings. The molecule has 1 amide bonds. The highest BCUT2D eigenvalue weighted by atomic mass is 35.5. The van der Waals surface area contributed by atoms with E-state index in [1.54, 1.807) is 12.1 Å². The minimum Gasteiger partial charge on any atom is -0.493 e. The van der Waals surface area contributed by atoms with Crippen LogP contribution in [0.2, 0.25) is 5.02 Å². The third-order valence-electron chi connectivity index (χ3n) is 3.34. The summed E-state index contributed by atoms with van der Waals surface area (Å²) in [4.78, 5) is 23.4. The molecule has 1 aromatic rings. The summed E-state index contributed by atoms with van der Waals surface area (Å²) >= 11 is 6.10. The van der Waals surface area contributed by atoms with Crippen LogP contribution in [0.1, 0.15) is 32.3 Å². The lowest BCUT2D eigenvalue weighted by atomic mass is 10.2. The second kappa shape index (κ2) is 10.6. The molecule has 0 bridgehead atoms. The van der Waals surface area contributed by atoms with Crippen LogP contribution in [-0.4, -0.2) is 38.7 Å². The molecular formula is C18H24ClNO5. The van der Waals surface area contributed by atoms with Crippen LogP contribution in [0.4, 0.5) is 0 Å². The number of amides is 1. The van der Waals surface area contributed by atoms with Crippen LogP contribution in [0.3, 0.4) is 0 Å². The van der Waals surface area contributed by atoms with Gasteiger partial charge < -0.3 is 19.5 Å². The Bertz CT molecular complexity index is 630. The van der Waals surface area contributed by atoms with E-state index in [1.807, 2.05) is 13.8 Å². The normalized spacial score (nSPS) is 11.9. The van der Waals surface area contributed by atoms with Crippen LogP contribution < -0.4 is 14.8 Å². The van der Waals surface area contributed by atoms with Gasteiger partial charge in [-0.1, -0.05) is 24.9 Å². The average molecular weight is 370 g/mol. The predicted molar refractivity (Wildman–Crippen MR) is 97.1 cm³/mol. The minimum absolute atomic E-state index is 0.0562. The van der Waals surface area contributed by atoms with Crippen LogP contribution in [0, 0.1) is 0 Å². The SMILES string of the molecule is CCC[C@@H](C)NC(=O)COC(=O)/C=C/c1cc(Cl)c(OC)c(OC)c1. The van der Waals surface area contributed by atoms with Crippen LogP contribution in [-0.2, 0) is 14.3 Å². The quantitative estimate of drug-likeness (QED) is 0.534. The second-order valence-corrected chi connectivity index (χ2v) is 5.84. The number of hydrogen-bond donors (Lipinski definition) is 1. The number of hydrogen-bond acceptors (Lipinski definition) is 5. The summed E-state index contributed by atoms with van der Waals surface area (Å²) in [6.45, 7) is 3.63. The molecule has 7 heteroatoms. The van der Waals surface area contributed by atoms with Crippen molar-refractivity contribution in [1.82, 2.24) is 5.32 Å². The number of esters is 1. The zero-order chi connectivity index (χ0) is 18.8. The van der Waals surface area contributed by atoms with Gasteiger partial charge in [-0.2, -0.15) is 0 Å². The molecule has 0 saturated carbocycles. The summed E-state index contributed by atoms with van der Waals surface area (Å²) in [6, 6.07) is 3.36. The highest BCUT2D eigenvalue weighted by Gasteiger charge is 2.11. The van der Waals surface area contributed by atoms with Gasteiger partial charge in [0.05, 0.1) is 19.2 Å². The Labute approximate surface area is 153 Å². The second-order valence-electron chi connectivity index (χ2n) is 5.44. The highest BCUT2D eigenvalue weighted by molar-refractivity contribution is 6.32. The Morgan fingerprint density at radius 1 is 1.28 bits per heavy atom. The fraction of sp³-hybridized carbons (Fsp3) is 0.444. The summed E-state index contributed by atoms with van der Waals surface area (Å²) in [5.74, 6) is -0.0740. The van der Waals surface area contributed by atoms with Crippen LogP contribution in [0.25, 0.3) is 6.08 Å². The molecule has 0 aliphatic carbocycles. The molecule has 0 aromatic heterocycles. The first-order valence-electron chi connectivity index (χ1n) is 7.97. The van der Waals surface area contributed by atoms with E-state index < -0.39 is 5.97 Å². The molecule has 25 heavy (non-hydrogen) atoms. The number of ether oxygens (including phenoxy) is 3. The molecule has 0 radical (unpaired) electrons. The van der Waals surface area contributed by atoms with Crippen molar-refractivity contribution in [3.63, 3.8) is 0 Å². The van der Waals surface area contributed by atoms with Crippen LogP contribution in [0.5, 0.6) is 11.5 Å². The number of carbonyl (C=O) groups is 2. The molecule has 0 aliphatic heterocycles. The Morgan fingerprint density at radius 3 is 2.60 bits per heavy atom. The van der Waals surface area contributed by atoms with E-state index in [1.165, 1.54) is 26.4 Å². The Kier molecular flexibility index (Phi) is 8.84. The van der Waals surface area contributed by atoms with E-state index in [-0.39, 0.29) is 18.6 Å². The van der Waals surface area contributed by atoms with E-state index in [4.69, 9.17) is 25.8 Å². The van der Waals surface area contributed by atoms with E-state index in [9.17, 15) is 9.59 Å². The zero-order valence-electron chi connectivity index (χ0n) is 14.9. The molecule has 0 saturated heterocycles. The molecule has 0 aliphatic rings. The van der Waals surface area contributed by atoms with Gasteiger partial charge in [0.1, 0.15) is 0 Å². The van der Waals surface area contributed by atoms with Crippen molar-refractivity contribution in [2.75, 3.05) is 20.8 Å². The van der Waals surface area contributed by atoms with Gasteiger partial charge in [0, 0.05) is 12.1 Å². The van der Waals surface area contributed by atoms with Gasteiger partial charge in [-0.3, -0.25) is 4.79 Å². The first kappa shape index (κ1) is 20.8. The smallest absolute Gasteiger partial charge is 0.331 e. The number of benzene rings is 1. The standard InChI is InChI=1S/C18H24ClNO5/c1-5-6-12(2)20-16(21)11-25-17(22)8-7-13-9-14(19)18(24-4)15(10-13)23-3/h7-10,12H,5-6,11H2,1-4H3,(H,20,21)/b8-7+/t12-/m1/s1. The van der Waals surface area contributed by atoms with Crippen molar-refractivity contribution in [1.29, 1.82) is 0 Å². The molecule has 1 aromatic carbocycles. The molecule has 0 heterocycles. The molecule has 1 atom stereocenters. The lowest BCUT2D eigenvalue weighted by Crippen LogP contribution is -2.35. The van der Waals surface area contributed by atoms with Gasteiger partial charge in [0.15, 0.2) is 18.1 Å². The van der Waals surface area contributed by atoms with Gasteiger partial charge >= 0.3 is 5.97 Å².